The first kappa shape index (κ1) is 18.0. The minimum atomic E-state index is 0.0623. The number of piperidine rings is 1. The Hall–Kier alpha value is -2.34. The summed E-state index contributed by atoms with van der Waals surface area (Å²) in [6.45, 7) is 2.50. The standard InChI is InChI=1S/C21H22BrN3O2/c1-27-16-6-7-18(22)17(12-16)21(26)24-10-8-15(9-11-24)13-25-14-23-19-4-2-3-5-20(19)25/h2-7,12,14-15H,8-11,13H2,1H3. The van der Waals surface area contributed by atoms with Gasteiger partial charge in [-0.05, 0) is 65.0 Å². The van der Waals surface area contributed by atoms with E-state index in [1.165, 1.54) is 5.52 Å². The molecule has 0 N–H and O–H groups in total. The molecule has 1 fully saturated rings. The molecule has 0 saturated carbocycles. The average Bonchev–Trinajstić information content (AvgIpc) is 3.11. The molecule has 1 amide bonds. The van der Waals surface area contributed by atoms with Crippen LogP contribution in [0.5, 0.6) is 5.75 Å². The Morgan fingerprint density at radius 1 is 1.22 bits per heavy atom. The van der Waals surface area contributed by atoms with Crippen molar-refractivity contribution in [3.63, 3.8) is 0 Å². The van der Waals surface area contributed by atoms with E-state index in [9.17, 15) is 4.79 Å². The summed E-state index contributed by atoms with van der Waals surface area (Å²) in [6, 6.07) is 13.7. The highest BCUT2D eigenvalue weighted by Gasteiger charge is 2.25. The van der Waals surface area contributed by atoms with Crippen molar-refractivity contribution >= 4 is 32.9 Å². The van der Waals surface area contributed by atoms with E-state index in [1.54, 1.807) is 13.2 Å². The lowest BCUT2D eigenvalue weighted by molar-refractivity contribution is 0.0682. The number of rotatable bonds is 4. The number of ether oxygens (including phenoxy) is 1. The lowest BCUT2D eigenvalue weighted by Gasteiger charge is -2.32. The Labute approximate surface area is 167 Å². The van der Waals surface area contributed by atoms with Crippen molar-refractivity contribution in [3.8, 4) is 5.75 Å². The van der Waals surface area contributed by atoms with E-state index in [2.05, 4.69) is 31.5 Å². The van der Waals surface area contributed by atoms with Gasteiger partial charge in [-0.1, -0.05) is 12.1 Å². The third kappa shape index (κ3) is 3.72. The van der Waals surface area contributed by atoms with E-state index in [4.69, 9.17) is 4.74 Å². The number of halogens is 1. The molecule has 0 atom stereocenters. The lowest BCUT2D eigenvalue weighted by Crippen LogP contribution is -2.39. The fourth-order valence-electron chi connectivity index (χ4n) is 3.72. The van der Waals surface area contributed by atoms with Gasteiger partial charge in [0.15, 0.2) is 0 Å². The highest BCUT2D eigenvalue weighted by molar-refractivity contribution is 9.10. The second-order valence-corrected chi connectivity index (χ2v) is 7.82. The molecule has 0 aliphatic carbocycles. The Kier molecular flexibility index (Phi) is 5.16. The van der Waals surface area contributed by atoms with Crippen LogP contribution < -0.4 is 4.74 Å². The normalized spacial score (nSPS) is 15.3. The van der Waals surface area contributed by atoms with Crippen molar-refractivity contribution in [2.75, 3.05) is 20.2 Å². The fourth-order valence-corrected chi connectivity index (χ4v) is 4.13. The van der Waals surface area contributed by atoms with Gasteiger partial charge in [0.2, 0.25) is 0 Å². The Bertz CT molecular complexity index is 961. The monoisotopic (exact) mass is 427 g/mol. The number of nitrogens with zero attached hydrogens (tertiary/aromatic N) is 3. The lowest BCUT2D eigenvalue weighted by atomic mass is 9.96. The number of amides is 1. The minimum Gasteiger partial charge on any atom is -0.497 e. The van der Waals surface area contributed by atoms with Crippen LogP contribution in [-0.4, -0.2) is 40.6 Å². The summed E-state index contributed by atoms with van der Waals surface area (Å²) in [7, 11) is 1.61. The number of carbonyl (C=O) groups excluding carboxylic acids is 1. The molecular formula is C21H22BrN3O2. The first-order valence-electron chi connectivity index (χ1n) is 9.18. The quantitative estimate of drug-likeness (QED) is 0.621. The maximum Gasteiger partial charge on any atom is 0.255 e. The molecule has 0 unspecified atom stereocenters. The molecule has 2 aromatic carbocycles. The molecule has 1 aliphatic heterocycles. The molecule has 6 heteroatoms. The molecule has 5 nitrogen and oxygen atoms in total. The van der Waals surface area contributed by atoms with Gasteiger partial charge < -0.3 is 14.2 Å². The number of carbonyl (C=O) groups is 1. The van der Waals surface area contributed by atoms with Crippen LogP contribution in [0, 0.1) is 5.92 Å². The zero-order valence-corrected chi connectivity index (χ0v) is 16.9. The van der Waals surface area contributed by atoms with Gasteiger partial charge in [-0.3, -0.25) is 4.79 Å². The molecule has 1 aromatic heterocycles. The van der Waals surface area contributed by atoms with Crippen LogP contribution in [0.4, 0.5) is 0 Å². The second kappa shape index (κ2) is 7.72. The van der Waals surface area contributed by atoms with Crippen molar-refractivity contribution in [1.29, 1.82) is 0 Å². The summed E-state index contributed by atoms with van der Waals surface area (Å²) in [4.78, 5) is 19.3. The zero-order chi connectivity index (χ0) is 18.8. The average molecular weight is 428 g/mol. The molecule has 0 spiro atoms. The SMILES string of the molecule is COc1ccc(Br)c(C(=O)N2CCC(Cn3cnc4ccccc43)CC2)c1. The number of imidazole rings is 1. The molecule has 27 heavy (non-hydrogen) atoms. The summed E-state index contributed by atoms with van der Waals surface area (Å²) in [5, 5.41) is 0. The van der Waals surface area contributed by atoms with Crippen molar-refractivity contribution in [3.05, 3.63) is 58.8 Å². The highest BCUT2D eigenvalue weighted by Crippen LogP contribution is 2.27. The Morgan fingerprint density at radius 3 is 2.78 bits per heavy atom. The Balaban J connectivity index is 1.41. The first-order valence-corrected chi connectivity index (χ1v) is 9.97. The van der Waals surface area contributed by atoms with Crippen molar-refractivity contribution in [2.45, 2.75) is 19.4 Å². The number of hydrogen-bond donors (Lipinski definition) is 0. The number of methoxy groups -OCH3 is 1. The number of para-hydroxylation sites is 2. The third-order valence-corrected chi connectivity index (χ3v) is 5.98. The molecule has 3 aromatic rings. The number of likely N-dealkylation sites (tertiary alicyclic amines) is 1. The molecule has 0 radical (unpaired) electrons. The second-order valence-electron chi connectivity index (χ2n) is 6.97. The van der Waals surface area contributed by atoms with Crippen LogP contribution in [0.25, 0.3) is 11.0 Å². The van der Waals surface area contributed by atoms with Gasteiger partial charge >= 0.3 is 0 Å². The van der Waals surface area contributed by atoms with Crippen molar-refractivity contribution in [2.24, 2.45) is 5.92 Å². The van der Waals surface area contributed by atoms with Crippen molar-refractivity contribution in [1.82, 2.24) is 14.5 Å². The third-order valence-electron chi connectivity index (χ3n) is 5.29. The van der Waals surface area contributed by atoms with Crippen LogP contribution in [0.2, 0.25) is 0 Å². The van der Waals surface area contributed by atoms with Crippen LogP contribution in [-0.2, 0) is 6.54 Å². The molecule has 4 rings (SSSR count). The number of benzene rings is 2. The Morgan fingerprint density at radius 2 is 2.00 bits per heavy atom. The molecule has 140 valence electrons. The first-order chi connectivity index (χ1) is 13.2. The van der Waals surface area contributed by atoms with Crippen LogP contribution in [0.15, 0.2) is 53.3 Å². The van der Waals surface area contributed by atoms with Crippen LogP contribution >= 0.6 is 15.9 Å². The maximum absolute atomic E-state index is 12.9. The van der Waals surface area contributed by atoms with Gasteiger partial charge in [-0.25, -0.2) is 4.98 Å². The molecule has 0 bridgehead atoms. The van der Waals surface area contributed by atoms with E-state index in [0.29, 0.717) is 17.2 Å². The van der Waals surface area contributed by atoms with Gasteiger partial charge in [-0.15, -0.1) is 0 Å². The van der Waals surface area contributed by atoms with E-state index in [1.807, 2.05) is 41.6 Å². The number of hydrogen-bond acceptors (Lipinski definition) is 3. The number of aromatic nitrogens is 2. The van der Waals surface area contributed by atoms with Crippen LogP contribution in [0.3, 0.4) is 0 Å². The van der Waals surface area contributed by atoms with E-state index in [0.717, 1.165) is 42.5 Å². The number of fused-ring (bicyclic) bond motifs is 1. The molecule has 2 heterocycles. The van der Waals surface area contributed by atoms with Gasteiger partial charge in [0.05, 0.1) is 30.0 Å². The van der Waals surface area contributed by atoms with Gasteiger partial charge in [0, 0.05) is 24.1 Å². The maximum atomic E-state index is 12.9. The summed E-state index contributed by atoms with van der Waals surface area (Å²) < 4.78 is 8.30. The van der Waals surface area contributed by atoms with Gasteiger partial charge in [0.25, 0.3) is 5.91 Å². The van der Waals surface area contributed by atoms with E-state index < -0.39 is 0 Å². The van der Waals surface area contributed by atoms with E-state index in [-0.39, 0.29) is 5.91 Å². The predicted octanol–water partition coefficient (Wildman–Crippen LogP) is 4.36. The summed E-state index contributed by atoms with van der Waals surface area (Å²) in [5.74, 6) is 1.32. The van der Waals surface area contributed by atoms with Gasteiger partial charge in [-0.2, -0.15) is 0 Å². The molecular weight excluding hydrogens is 406 g/mol. The van der Waals surface area contributed by atoms with Crippen molar-refractivity contribution < 1.29 is 9.53 Å². The fraction of sp³-hybridized carbons (Fsp3) is 0.333. The summed E-state index contributed by atoms with van der Waals surface area (Å²) >= 11 is 3.49. The largest absolute Gasteiger partial charge is 0.497 e. The highest BCUT2D eigenvalue weighted by atomic mass is 79.9. The van der Waals surface area contributed by atoms with Crippen LogP contribution in [0.1, 0.15) is 23.2 Å². The smallest absolute Gasteiger partial charge is 0.255 e. The van der Waals surface area contributed by atoms with Gasteiger partial charge in [0.1, 0.15) is 5.75 Å². The summed E-state index contributed by atoms with van der Waals surface area (Å²) in [6.07, 6.45) is 3.93. The predicted molar refractivity (Wildman–Crippen MR) is 109 cm³/mol. The minimum absolute atomic E-state index is 0.0623. The topological polar surface area (TPSA) is 47.4 Å². The molecule has 1 saturated heterocycles. The molecule has 1 aliphatic rings. The zero-order valence-electron chi connectivity index (χ0n) is 15.3. The van der Waals surface area contributed by atoms with E-state index >= 15 is 0 Å². The summed E-state index contributed by atoms with van der Waals surface area (Å²) in [5.41, 5.74) is 2.87.